The molecule has 2 aliphatic carbocycles. The topological polar surface area (TPSA) is 86.8 Å². The summed E-state index contributed by atoms with van der Waals surface area (Å²) in [5, 5.41) is 5.62. The van der Waals surface area contributed by atoms with Gasteiger partial charge in [0.15, 0.2) is 0 Å². The maximum Gasteiger partial charge on any atom is 0.416 e. The highest BCUT2D eigenvalue weighted by Gasteiger charge is 2.33. The van der Waals surface area contributed by atoms with E-state index in [1.54, 1.807) is 24.4 Å². The number of fused-ring (bicyclic) bond motifs is 1. The molecule has 1 atom stereocenters. The van der Waals surface area contributed by atoms with Crippen molar-refractivity contribution in [3.63, 3.8) is 0 Å². The van der Waals surface area contributed by atoms with E-state index in [9.17, 15) is 22.8 Å². The molecule has 3 aromatic rings. The number of hydrogen-bond donors (Lipinski definition) is 2. The number of ether oxygens (including phenoxy) is 1. The van der Waals surface area contributed by atoms with Crippen molar-refractivity contribution >= 4 is 23.3 Å². The number of carbonyl (C=O) groups is 2. The summed E-state index contributed by atoms with van der Waals surface area (Å²) in [5.74, 6) is 0.874. The lowest BCUT2D eigenvalue weighted by molar-refractivity contribution is -0.137. The van der Waals surface area contributed by atoms with Crippen LogP contribution in [0, 0.1) is 11.8 Å². The SMILES string of the molecule is CCN1CCN(Cc2cc(NC(=O)C3CCc4ccc(Oc5ccnc(NC(=O)C6CC6)c5)cc4C3)cc(C(F)(F)F)c2)CC1. The van der Waals surface area contributed by atoms with E-state index in [1.807, 2.05) is 18.2 Å². The predicted molar refractivity (Wildman–Crippen MR) is 165 cm³/mol. The molecule has 1 aliphatic heterocycles. The minimum Gasteiger partial charge on any atom is -0.457 e. The molecule has 0 bridgehead atoms. The molecule has 6 rings (SSSR count). The Morgan fingerprint density at radius 1 is 0.867 bits per heavy atom. The Bertz CT molecular complexity index is 1550. The van der Waals surface area contributed by atoms with Crippen molar-refractivity contribution in [2.45, 2.75) is 51.7 Å². The number of amides is 2. The van der Waals surface area contributed by atoms with Gasteiger partial charge in [0.2, 0.25) is 11.8 Å². The highest BCUT2D eigenvalue weighted by Crippen LogP contribution is 2.35. The quantitative estimate of drug-likeness (QED) is 0.299. The fourth-order valence-electron chi connectivity index (χ4n) is 6.06. The second-order valence-corrected chi connectivity index (χ2v) is 12.2. The highest BCUT2D eigenvalue weighted by atomic mass is 19.4. The van der Waals surface area contributed by atoms with Crippen LogP contribution in [0.15, 0.2) is 54.7 Å². The summed E-state index contributed by atoms with van der Waals surface area (Å²) in [6.07, 6.45) is 0.573. The molecule has 2 N–H and O–H groups in total. The first-order valence-electron chi connectivity index (χ1n) is 15.7. The fraction of sp³-hybridized carbons (Fsp3) is 0.441. The van der Waals surface area contributed by atoms with Gasteiger partial charge in [-0.05, 0) is 91.7 Å². The summed E-state index contributed by atoms with van der Waals surface area (Å²) < 4.78 is 47.5. The number of halogens is 3. The molecule has 1 saturated heterocycles. The monoisotopic (exact) mass is 621 g/mol. The predicted octanol–water partition coefficient (Wildman–Crippen LogP) is 6.12. The zero-order chi connectivity index (χ0) is 31.6. The summed E-state index contributed by atoms with van der Waals surface area (Å²) in [7, 11) is 0. The van der Waals surface area contributed by atoms with Crippen LogP contribution in [0.25, 0.3) is 0 Å². The maximum absolute atomic E-state index is 13.8. The fourth-order valence-corrected chi connectivity index (χ4v) is 6.06. The van der Waals surface area contributed by atoms with Crippen molar-refractivity contribution in [2.24, 2.45) is 11.8 Å². The first-order chi connectivity index (χ1) is 21.6. The Balaban J connectivity index is 1.11. The molecule has 3 aliphatic rings. The van der Waals surface area contributed by atoms with Crippen LogP contribution in [0.1, 0.15) is 48.4 Å². The van der Waals surface area contributed by atoms with Crippen molar-refractivity contribution in [1.82, 2.24) is 14.8 Å². The molecule has 0 spiro atoms. The first kappa shape index (κ1) is 31.0. The summed E-state index contributed by atoms with van der Waals surface area (Å²) in [5.41, 5.74) is 2.02. The smallest absolute Gasteiger partial charge is 0.416 e. The van der Waals surface area contributed by atoms with Gasteiger partial charge < -0.3 is 20.3 Å². The van der Waals surface area contributed by atoms with Gasteiger partial charge in [0.25, 0.3) is 0 Å². The number of pyridine rings is 1. The average molecular weight is 622 g/mol. The van der Waals surface area contributed by atoms with Crippen LogP contribution in [-0.2, 0) is 35.2 Å². The van der Waals surface area contributed by atoms with Crippen molar-refractivity contribution in [1.29, 1.82) is 0 Å². The largest absolute Gasteiger partial charge is 0.457 e. The third-order valence-corrected chi connectivity index (χ3v) is 8.85. The Labute approximate surface area is 261 Å². The molecular formula is C34H38F3N5O3. The molecule has 11 heteroatoms. The van der Waals surface area contributed by atoms with E-state index < -0.39 is 17.7 Å². The average Bonchev–Trinajstić information content (AvgIpc) is 3.87. The number of anilines is 2. The van der Waals surface area contributed by atoms with Gasteiger partial charge >= 0.3 is 6.18 Å². The zero-order valence-corrected chi connectivity index (χ0v) is 25.3. The molecule has 2 amide bonds. The van der Waals surface area contributed by atoms with Crippen LogP contribution >= 0.6 is 0 Å². The molecule has 45 heavy (non-hydrogen) atoms. The van der Waals surface area contributed by atoms with E-state index in [4.69, 9.17) is 4.74 Å². The summed E-state index contributed by atoms with van der Waals surface area (Å²) in [4.78, 5) is 34.2. The maximum atomic E-state index is 13.8. The molecular weight excluding hydrogens is 583 g/mol. The second-order valence-electron chi connectivity index (χ2n) is 12.2. The lowest BCUT2D eigenvalue weighted by Crippen LogP contribution is -2.45. The number of nitrogens with one attached hydrogen (secondary N) is 2. The van der Waals surface area contributed by atoms with Gasteiger partial charge in [-0.1, -0.05) is 13.0 Å². The number of aryl methyl sites for hydroxylation is 1. The van der Waals surface area contributed by atoms with Gasteiger partial charge in [-0.3, -0.25) is 14.5 Å². The highest BCUT2D eigenvalue weighted by molar-refractivity contribution is 5.93. The van der Waals surface area contributed by atoms with E-state index in [1.165, 1.54) is 6.07 Å². The molecule has 2 heterocycles. The Hall–Kier alpha value is -3.96. The van der Waals surface area contributed by atoms with Crippen molar-refractivity contribution < 1.29 is 27.5 Å². The van der Waals surface area contributed by atoms with Crippen molar-refractivity contribution in [2.75, 3.05) is 43.4 Å². The Kier molecular flexibility index (Phi) is 9.09. The van der Waals surface area contributed by atoms with E-state index >= 15 is 0 Å². The van der Waals surface area contributed by atoms with Crippen LogP contribution in [0.4, 0.5) is 24.7 Å². The molecule has 1 aromatic heterocycles. The minimum atomic E-state index is -4.52. The number of benzene rings is 2. The molecule has 2 fully saturated rings. The Morgan fingerprint density at radius 2 is 1.60 bits per heavy atom. The molecule has 2 aromatic carbocycles. The van der Waals surface area contributed by atoms with Crippen LogP contribution < -0.4 is 15.4 Å². The number of piperazine rings is 1. The summed E-state index contributed by atoms with van der Waals surface area (Å²) >= 11 is 0. The van der Waals surface area contributed by atoms with Gasteiger partial charge in [-0.25, -0.2) is 4.98 Å². The first-order valence-corrected chi connectivity index (χ1v) is 15.7. The van der Waals surface area contributed by atoms with Crippen LogP contribution in [-0.4, -0.2) is 59.3 Å². The van der Waals surface area contributed by atoms with Crippen molar-refractivity contribution in [3.8, 4) is 11.5 Å². The van der Waals surface area contributed by atoms with Crippen LogP contribution in [0.3, 0.4) is 0 Å². The summed E-state index contributed by atoms with van der Waals surface area (Å²) in [6.45, 7) is 6.81. The third-order valence-electron chi connectivity index (χ3n) is 8.85. The minimum absolute atomic E-state index is 0.0374. The van der Waals surface area contributed by atoms with Gasteiger partial charge in [-0.2, -0.15) is 13.2 Å². The zero-order valence-electron chi connectivity index (χ0n) is 25.3. The van der Waals surface area contributed by atoms with Gasteiger partial charge in [-0.15, -0.1) is 0 Å². The Morgan fingerprint density at radius 3 is 2.33 bits per heavy atom. The molecule has 1 saturated carbocycles. The molecule has 8 nitrogen and oxygen atoms in total. The lowest BCUT2D eigenvalue weighted by atomic mass is 9.83. The van der Waals surface area contributed by atoms with Gasteiger partial charge in [0, 0.05) is 62.5 Å². The van der Waals surface area contributed by atoms with E-state index in [0.717, 1.165) is 62.8 Å². The number of nitrogens with zero attached hydrogens (tertiary/aromatic N) is 3. The number of alkyl halides is 3. The summed E-state index contributed by atoms with van der Waals surface area (Å²) in [6, 6.07) is 13.0. The van der Waals surface area contributed by atoms with Gasteiger partial charge in [0.05, 0.1) is 5.56 Å². The van der Waals surface area contributed by atoms with Crippen LogP contribution in [0.5, 0.6) is 11.5 Å². The lowest BCUT2D eigenvalue weighted by Gasteiger charge is -2.34. The van der Waals surface area contributed by atoms with Crippen molar-refractivity contribution in [3.05, 3.63) is 77.0 Å². The van der Waals surface area contributed by atoms with Gasteiger partial charge in [0.1, 0.15) is 17.3 Å². The standard InChI is InChI=1S/C34H38F3N5O3/c1-2-41-11-13-42(14-12-41)21-22-15-27(34(35,36)37)19-28(16-22)39-33(44)25-6-3-23-7-8-29(18-26(23)17-25)45-30-9-10-38-31(20-30)40-32(43)24-4-5-24/h7-10,15-16,18-20,24-25H,2-6,11-14,17,21H2,1H3,(H,39,44)(H,38,40,43). The van der Waals surface area contributed by atoms with Crippen LogP contribution in [0.2, 0.25) is 0 Å². The molecule has 1 unspecified atom stereocenters. The molecule has 238 valence electrons. The number of rotatable bonds is 9. The normalized spacial score (nSPS) is 19.1. The second kappa shape index (κ2) is 13.2. The third kappa shape index (κ3) is 8.01. The number of carbonyl (C=O) groups excluding carboxylic acids is 2. The van der Waals surface area contributed by atoms with E-state index in [2.05, 4.69) is 32.3 Å². The van der Waals surface area contributed by atoms with E-state index in [0.29, 0.717) is 48.7 Å². The van der Waals surface area contributed by atoms with E-state index in [-0.39, 0.29) is 23.4 Å². The number of aromatic nitrogens is 1. The molecule has 0 radical (unpaired) electrons. The number of likely N-dealkylation sites (N-methyl/N-ethyl adjacent to an activating group) is 1. The number of hydrogen-bond acceptors (Lipinski definition) is 6.